The SMILES string of the molecule is Cc1ccc(NC(=O)N2CCC(n3cnc4ccccc4c3=O)CC2)cc1F. The van der Waals surface area contributed by atoms with Crippen molar-refractivity contribution in [2.45, 2.75) is 25.8 Å². The maximum absolute atomic E-state index is 13.7. The van der Waals surface area contributed by atoms with Crippen molar-refractivity contribution in [3.05, 3.63) is 70.5 Å². The summed E-state index contributed by atoms with van der Waals surface area (Å²) in [5.74, 6) is -0.348. The van der Waals surface area contributed by atoms with Crippen LogP contribution in [0.1, 0.15) is 24.4 Å². The van der Waals surface area contributed by atoms with E-state index in [1.165, 1.54) is 6.07 Å². The maximum atomic E-state index is 13.7. The summed E-state index contributed by atoms with van der Waals surface area (Å²) in [6.45, 7) is 2.71. The van der Waals surface area contributed by atoms with Crippen LogP contribution in [0.5, 0.6) is 0 Å². The van der Waals surface area contributed by atoms with Crippen LogP contribution in [0.4, 0.5) is 14.9 Å². The lowest BCUT2D eigenvalue weighted by molar-refractivity contribution is 0.182. The topological polar surface area (TPSA) is 67.2 Å². The average molecular weight is 380 g/mol. The van der Waals surface area contributed by atoms with Gasteiger partial charge in [0.15, 0.2) is 0 Å². The lowest BCUT2D eigenvalue weighted by Gasteiger charge is -2.32. The van der Waals surface area contributed by atoms with Gasteiger partial charge in [0.2, 0.25) is 0 Å². The number of nitrogens with zero attached hydrogens (tertiary/aromatic N) is 3. The highest BCUT2D eigenvalue weighted by molar-refractivity contribution is 5.89. The molecule has 1 aliphatic heterocycles. The predicted molar refractivity (Wildman–Crippen MR) is 106 cm³/mol. The minimum absolute atomic E-state index is 0.00507. The molecule has 1 N–H and O–H groups in total. The van der Waals surface area contributed by atoms with Gasteiger partial charge < -0.3 is 10.2 Å². The van der Waals surface area contributed by atoms with E-state index in [1.807, 2.05) is 18.2 Å². The predicted octanol–water partition coefficient (Wildman–Crippen LogP) is 3.71. The van der Waals surface area contributed by atoms with Crippen molar-refractivity contribution in [2.24, 2.45) is 0 Å². The van der Waals surface area contributed by atoms with Crippen molar-refractivity contribution in [1.82, 2.24) is 14.5 Å². The van der Waals surface area contributed by atoms with E-state index in [9.17, 15) is 14.0 Å². The Morgan fingerprint density at radius 1 is 1.18 bits per heavy atom. The number of para-hydroxylation sites is 1. The molecule has 7 heteroatoms. The third kappa shape index (κ3) is 3.47. The van der Waals surface area contributed by atoms with Crippen LogP contribution in [-0.4, -0.2) is 33.6 Å². The summed E-state index contributed by atoms with van der Waals surface area (Å²) in [4.78, 5) is 31.3. The summed E-state index contributed by atoms with van der Waals surface area (Å²) in [6, 6.07) is 11.7. The summed E-state index contributed by atoms with van der Waals surface area (Å²) in [5, 5.41) is 3.34. The van der Waals surface area contributed by atoms with Gasteiger partial charge in [-0.1, -0.05) is 18.2 Å². The van der Waals surface area contributed by atoms with E-state index in [0.717, 1.165) is 0 Å². The molecule has 0 bridgehead atoms. The van der Waals surface area contributed by atoms with Gasteiger partial charge in [0.05, 0.1) is 17.2 Å². The largest absolute Gasteiger partial charge is 0.324 e. The monoisotopic (exact) mass is 380 g/mol. The number of likely N-dealkylation sites (tertiary alicyclic amines) is 1. The molecular weight excluding hydrogens is 359 g/mol. The highest BCUT2D eigenvalue weighted by Crippen LogP contribution is 2.22. The molecule has 0 aliphatic carbocycles. The summed E-state index contributed by atoms with van der Waals surface area (Å²) < 4.78 is 15.3. The molecule has 0 saturated carbocycles. The van der Waals surface area contributed by atoms with Gasteiger partial charge in [0, 0.05) is 24.8 Å². The van der Waals surface area contributed by atoms with Gasteiger partial charge in [0.25, 0.3) is 5.56 Å². The van der Waals surface area contributed by atoms with Gasteiger partial charge in [-0.05, 0) is 49.6 Å². The Morgan fingerprint density at radius 3 is 2.68 bits per heavy atom. The molecule has 0 spiro atoms. The molecule has 3 aromatic rings. The Labute approximate surface area is 161 Å². The summed E-state index contributed by atoms with van der Waals surface area (Å²) >= 11 is 0. The number of aryl methyl sites for hydroxylation is 1. The molecule has 2 aromatic carbocycles. The first-order valence-corrected chi connectivity index (χ1v) is 9.31. The number of carbonyl (C=O) groups excluding carboxylic acids is 1. The molecule has 2 amide bonds. The first-order chi connectivity index (χ1) is 13.5. The van der Waals surface area contributed by atoms with E-state index in [-0.39, 0.29) is 23.4 Å². The third-order valence-electron chi connectivity index (χ3n) is 5.26. The zero-order chi connectivity index (χ0) is 19.7. The fourth-order valence-corrected chi connectivity index (χ4v) is 3.56. The summed E-state index contributed by atoms with van der Waals surface area (Å²) in [5.41, 5.74) is 1.60. The van der Waals surface area contributed by atoms with Gasteiger partial charge in [-0.3, -0.25) is 9.36 Å². The van der Waals surface area contributed by atoms with Crippen LogP contribution in [0.3, 0.4) is 0 Å². The van der Waals surface area contributed by atoms with Crippen LogP contribution in [0.15, 0.2) is 53.6 Å². The van der Waals surface area contributed by atoms with E-state index in [2.05, 4.69) is 10.3 Å². The number of nitrogens with one attached hydrogen (secondary N) is 1. The van der Waals surface area contributed by atoms with Crippen molar-refractivity contribution in [3.8, 4) is 0 Å². The van der Waals surface area contributed by atoms with Crippen LogP contribution in [0.25, 0.3) is 10.9 Å². The van der Waals surface area contributed by atoms with Crippen molar-refractivity contribution >= 4 is 22.6 Å². The first-order valence-electron chi connectivity index (χ1n) is 9.31. The highest BCUT2D eigenvalue weighted by atomic mass is 19.1. The van der Waals surface area contributed by atoms with Crippen LogP contribution >= 0.6 is 0 Å². The molecule has 1 aromatic heterocycles. The average Bonchev–Trinajstić information content (AvgIpc) is 2.71. The molecule has 0 radical (unpaired) electrons. The molecule has 2 heterocycles. The molecule has 1 aliphatic rings. The highest BCUT2D eigenvalue weighted by Gasteiger charge is 2.25. The Balaban J connectivity index is 1.43. The molecule has 144 valence electrons. The molecule has 0 atom stereocenters. The second-order valence-electron chi connectivity index (χ2n) is 7.09. The number of halogens is 1. The number of piperidine rings is 1. The van der Waals surface area contributed by atoms with Gasteiger partial charge in [0.1, 0.15) is 5.82 Å². The van der Waals surface area contributed by atoms with E-state index in [4.69, 9.17) is 0 Å². The van der Waals surface area contributed by atoms with Crippen molar-refractivity contribution in [3.63, 3.8) is 0 Å². The number of benzene rings is 2. The molecule has 0 unspecified atom stereocenters. The third-order valence-corrected chi connectivity index (χ3v) is 5.26. The maximum Gasteiger partial charge on any atom is 0.321 e. The quantitative estimate of drug-likeness (QED) is 0.737. The normalized spacial score (nSPS) is 15.0. The number of fused-ring (bicyclic) bond motifs is 1. The zero-order valence-electron chi connectivity index (χ0n) is 15.6. The summed E-state index contributed by atoms with van der Waals surface area (Å²) in [7, 11) is 0. The van der Waals surface area contributed by atoms with Crippen molar-refractivity contribution in [1.29, 1.82) is 0 Å². The Kier molecular flexibility index (Phi) is 4.81. The number of urea groups is 1. The van der Waals surface area contributed by atoms with Crippen LogP contribution in [0, 0.1) is 12.7 Å². The number of rotatable bonds is 2. The van der Waals surface area contributed by atoms with Gasteiger partial charge in [-0.25, -0.2) is 14.2 Å². The molecule has 6 nitrogen and oxygen atoms in total. The zero-order valence-corrected chi connectivity index (χ0v) is 15.6. The molecule has 28 heavy (non-hydrogen) atoms. The number of amides is 2. The standard InChI is InChI=1S/C21H21FN4O2/c1-14-6-7-15(12-18(14)22)24-21(28)25-10-8-16(9-11-25)26-13-23-19-5-3-2-4-17(19)20(26)27/h2-7,12-13,16H,8-11H2,1H3,(H,24,28). The number of anilines is 1. The Morgan fingerprint density at radius 2 is 1.93 bits per heavy atom. The van der Waals surface area contributed by atoms with Crippen LogP contribution in [-0.2, 0) is 0 Å². The van der Waals surface area contributed by atoms with E-state index < -0.39 is 0 Å². The number of hydrogen-bond donors (Lipinski definition) is 1. The first kappa shape index (κ1) is 18.2. The van der Waals surface area contributed by atoms with Crippen molar-refractivity contribution in [2.75, 3.05) is 18.4 Å². The Hall–Kier alpha value is -3.22. The molecule has 1 saturated heterocycles. The van der Waals surface area contributed by atoms with E-state index in [1.54, 1.807) is 40.9 Å². The minimum Gasteiger partial charge on any atom is -0.324 e. The van der Waals surface area contributed by atoms with Gasteiger partial charge in [-0.15, -0.1) is 0 Å². The lowest BCUT2D eigenvalue weighted by Crippen LogP contribution is -2.42. The van der Waals surface area contributed by atoms with Crippen LogP contribution < -0.4 is 10.9 Å². The summed E-state index contributed by atoms with van der Waals surface area (Å²) in [6.07, 6.45) is 2.92. The van der Waals surface area contributed by atoms with Gasteiger partial charge >= 0.3 is 6.03 Å². The minimum atomic E-state index is -0.348. The second kappa shape index (κ2) is 7.42. The van der Waals surface area contributed by atoms with Gasteiger partial charge in [-0.2, -0.15) is 0 Å². The van der Waals surface area contributed by atoms with Crippen molar-refractivity contribution < 1.29 is 9.18 Å². The number of hydrogen-bond acceptors (Lipinski definition) is 3. The Bertz CT molecular complexity index is 1090. The van der Waals surface area contributed by atoms with Crippen LogP contribution in [0.2, 0.25) is 0 Å². The fraction of sp³-hybridized carbons (Fsp3) is 0.286. The second-order valence-corrected chi connectivity index (χ2v) is 7.09. The molecule has 4 rings (SSSR count). The lowest BCUT2D eigenvalue weighted by atomic mass is 10.0. The fourth-order valence-electron chi connectivity index (χ4n) is 3.56. The smallest absolute Gasteiger partial charge is 0.321 e. The molecular formula is C21H21FN4O2. The van der Waals surface area contributed by atoms with E-state index in [0.29, 0.717) is 48.1 Å². The number of aromatic nitrogens is 2. The van der Waals surface area contributed by atoms with E-state index >= 15 is 0 Å². The number of carbonyl (C=O) groups is 1. The molecule has 1 fully saturated rings.